The van der Waals surface area contributed by atoms with Gasteiger partial charge < -0.3 is 9.64 Å². The molecule has 1 saturated heterocycles. The Morgan fingerprint density at radius 3 is 2.70 bits per heavy atom. The lowest BCUT2D eigenvalue weighted by Crippen LogP contribution is -2.34. The van der Waals surface area contributed by atoms with Crippen LogP contribution < -0.4 is 9.46 Å². The van der Waals surface area contributed by atoms with Crippen LogP contribution in [-0.4, -0.2) is 41.5 Å². The third kappa shape index (κ3) is 6.93. The highest BCUT2D eigenvalue weighted by molar-refractivity contribution is 7.98. The minimum atomic E-state index is -0.755. The van der Waals surface area contributed by atoms with Crippen LogP contribution in [0, 0.1) is 11.9 Å². The highest BCUT2D eigenvalue weighted by Gasteiger charge is 2.35. The van der Waals surface area contributed by atoms with Crippen molar-refractivity contribution in [3.05, 3.63) is 53.6 Å². The second-order valence-electron chi connectivity index (χ2n) is 10.5. The molecule has 1 atom stereocenters. The molecule has 33 heavy (non-hydrogen) atoms. The van der Waals surface area contributed by atoms with E-state index in [-0.39, 0.29) is 16.5 Å². The molecular weight excluding hydrogens is 437 g/mol. The molecule has 1 aliphatic heterocycles. The maximum Gasteiger partial charge on any atom is 0.266 e. The SMILES string of the molecule is CN1CC(CCCOc2cccc(SNC(=O)c3ccc(C(C)(C)C)nc3F)c2)CC1(C)C. The maximum absolute atomic E-state index is 14.4. The van der Waals surface area contributed by atoms with Crippen molar-refractivity contribution in [2.45, 2.75) is 69.7 Å². The number of nitrogens with zero attached hydrogens (tertiary/aromatic N) is 2. The van der Waals surface area contributed by atoms with Crippen LogP contribution in [0.25, 0.3) is 0 Å². The molecule has 1 fully saturated rings. The molecule has 2 aromatic rings. The van der Waals surface area contributed by atoms with E-state index in [9.17, 15) is 9.18 Å². The van der Waals surface area contributed by atoms with E-state index in [2.05, 4.69) is 35.5 Å². The van der Waals surface area contributed by atoms with Gasteiger partial charge in [0.25, 0.3) is 5.91 Å². The molecule has 7 heteroatoms. The van der Waals surface area contributed by atoms with E-state index < -0.39 is 11.9 Å². The first-order valence-corrected chi connectivity index (χ1v) is 12.4. The van der Waals surface area contributed by atoms with Crippen LogP contribution in [0.4, 0.5) is 4.39 Å². The fourth-order valence-corrected chi connectivity index (χ4v) is 4.77. The molecule has 2 heterocycles. The lowest BCUT2D eigenvalue weighted by Gasteiger charge is -2.26. The summed E-state index contributed by atoms with van der Waals surface area (Å²) >= 11 is 1.14. The Morgan fingerprint density at radius 2 is 2.06 bits per heavy atom. The van der Waals surface area contributed by atoms with Crippen molar-refractivity contribution in [3.8, 4) is 5.75 Å². The van der Waals surface area contributed by atoms with Gasteiger partial charge in [-0.25, -0.2) is 4.98 Å². The average Bonchev–Trinajstić information content (AvgIpc) is 3.00. The van der Waals surface area contributed by atoms with Crippen molar-refractivity contribution in [1.82, 2.24) is 14.6 Å². The van der Waals surface area contributed by atoms with Crippen LogP contribution in [0.1, 0.15) is 69.9 Å². The van der Waals surface area contributed by atoms with Crippen LogP contribution in [0.15, 0.2) is 41.3 Å². The number of amides is 1. The first-order valence-electron chi connectivity index (χ1n) is 11.5. The van der Waals surface area contributed by atoms with Gasteiger partial charge in [-0.05, 0) is 88.4 Å². The van der Waals surface area contributed by atoms with E-state index >= 15 is 0 Å². The highest BCUT2D eigenvalue weighted by Crippen LogP contribution is 2.33. The molecule has 0 bridgehead atoms. The molecule has 0 aliphatic carbocycles. The first-order chi connectivity index (χ1) is 15.5. The van der Waals surface area contributed by atoms with Crippen molar-refractivity contribution >= 4 is 17.9 Å². The smallest absolute Gasteiger partial charge is 0.266 e. The van der Waals surface area contributed by atoms with Crippen molar-refractivity contribution in [3.63, 3.8) is 0 Å². The third-order valence-corrected chi connectivity index (χ3v) is 7.09. The Morgan fingerprint density at radius 1 is 1.30 bits per heavy atom. The van der Waals surface area contributed by atoms with Crippen molar-refractivity contribution < 1.29 is 13.9 Å². The zero-order valence-corrected chi connectivity index (χ0v) is 21.4. The number of hydrogen-bond donors (Lipinski definition) is 1. The normalized spacial score (nSPS) is 18.3. The Bertz CT molecular complexity index is 974. The lowest BCUT2D eigenvalue weighted by molar-refractivity contribution is 0.0979. The molecule has 0 spiro atoms. The summed E-state index contributed by atoms with van der Waals surface area (Å²) in [6.45, 7) is 12.3. The quantitative estimate of drug-likeness (QED) is 0.296. The predicted octanol–water partition coefficient (Wildman–Crippen LogP) is 5.84. The van der Waals surface area contributed by atoms with Crippen molar-refractivity contribution in [2.24, 2.45) is 5.92 Å². The van der Waals surface area contributed by atoms with Gasteiger partial charge in [-0.2, -0.15) is 4.39 Å². The number of pyridine rings is 1. The van der Waals surface area contributed by atoms with Crippen molar-refractivity contribution in [1.29, 1.82) is 0 Å². The van der Waals surface area contributed by atoms with E-state index in [0.717, 1.165) is 47.9 Å². The average molecular weight is 474 g/mol. The standard InChI is InChI=1S/C26H36FN3O2S/c1-25(2,3)22-13-12-21(23(27)28-22)24(31)29-33-20-11-7-10-19(15-20)32-14-8-9-18-16-26(4,5)30(6)17-18/h7,10-13,15,18H,8-9,14,16-17H2,1-6H3,(H,29,31). The summed E-state index contributed by atoms with van der Waals surface area (Å²) < 4.78 is 23.0. The van der Waals surface area contributed by atoms with Crippen LogP contribution in [-0.2, 0) is 5.41 Å². The van der Waals surface area contributed by atoms with E-state index in [1.807, 2.05) is 45.0 Å². The number of benzene rings is 1. The van der Waals surface area contributed by atoms with Gasteiger partial charge in [0.1, 0.15) is 5.75 Å². The molecule has 0 radical (unpaired) electrons. The number of nitrogens with one attached hydrogen (secondary N) is 1. The summed E-state index contributed by atoms with van der Waals surface area (Å²) in [7, 11) is 2.20. The van der Waals surface area contributed by atoms with Gasteiger partial charge in [0.15, 0.2) is 0 Å². The minimum absolute atomic E-state index is 0.0661. The van der Waals surface area contributed by atoms with E-state index in [1.165, 1.54) is 12.5 Å². The fourth-order valence-electron chi connectivity index (χ4n) is 4.13. The number of aromatic nitrogens is 1. The van der Waals surface area contributed by atoms with Gasteiger partial charge in [-0.1, -0.05) is 26.8 Å². The molecule has 5 nitrogen and oxygen atoms in total. The number of carbonyl (C=O) groups is 1. The second-order valence-corrected chi connectivity index (χ2v) is 11.4. The molecule has 0 saturated carbocycles. The van der Waals surface area contributed by atoms with Crippen molar-refractivity contribution in [2.75, 3.05) is 20.2 Å². The molecule has 1 aromatic heterocycles. The first kappa shape index (κ1) is 25.5. The number of hydrogen-bond acceptors (Lipinski definition) is 5. The topological polar surface area (TPSA) is 54.5 Å². The monoisotopic (exact) mass is 473 g/mol. The van der Waals surface area contributed by atoms with Gasteiger partial charge in [-0.3, -0.25) is 9.52 Å². The van der Waals surface area contributed by atoms with Gasteiger partial charge >= 0.3 is 0 Å². The molecule has 3 rings (SSSR count). The van der Waals surface area contributed by atoms with E-state index in [4.69, 9.17) is 4.74 Å². The molecule has 1 N–H and O–H groups in total. The summed E-state index contributed by atoms with van der Waals surface area (Å²) in [5, 5.41) is 0. The third-order valence-electron chi connectivity index (χ3n) is 6.31. The van der Waals surface area contributed by atoms with Gasteiger partial charge in [0.05, 0.1) is 12.2 Å². The summed E-state index contributed by atoms with van der Waals surface area (Å²) in [5.74, 6) is 0.217. The molecule has 1 aromatic carbocycles. The van der Waals surface area contributed by atoms with Crippen LogP contribution in [0.5, 0.6) is 5.75 Å². The summed E-state index contributed by atoms with van der Waals surface area (Å²) in [6, 6.07) is 10.7. The Kier molecular flexibility index (Phi) is 8.06. The summed E-state index contributed by atoms with van der Waals surface area (Å²) in [4.78, 5) is 19.7. The number of likely N-dealkylation sites (tertiary alicyclic amines) is 1. The van der Waals surface area contributed by atoms with Gasteiger partial charge in [-0.15, -0.1) is 0 Å². The molecule has 1 unspecified atom stereocenters. The lowest BCUT2D eigenvalue weighted by atomic mass is 9.91. The fraction of sp³-hybridized carbons (Fsp3) is 0.538. The molecule has 1 amide bonds. The van der Waals surface area contributed by atoms with Crippen LogP contribution in [0.3, 0.4) is 0 Å². The number of carbonyl (C=O) groups excluding carboxylic acids is 1. The van der Waals surface area contributed by atoms with E-state index in [1.54, 1.807) is 6.07 Å². The van der Waals surface area contributed by atoms with E-state index in [0.29, 0.717) is 12.3 Å². The Hall–Kier alpha value is -2.12. The number of halogens is 1. The Labute approximate surface area is 201 Å². The maximum atomic E-state index is 14.4. The number of rotatable bonds is 8. The second kappa shape index (κ2) is 10.4. The zero-order chi connectivity index (χ0) is 24.2. The van der Waals surface area contributed by atoms with Crippen LogP contribution in [0.2, 0.25) is 0 Å². The largest absolute Gasteiger partial charge is 0.494 e. The highest BCUT2D eigenvalue weighted by atomic mass is 32.2. The van der Waals surface area contributed by atoms with Gasteiger partial charge in [0, 0.05) is 28.1 Å². The molecule has 1 aliphatic rings. The minimum Gasteiger partial charge on any atom is -0.494 e. The zero-order valence-electron chi connectivity index (χ0n) is 20.6. The summed E-state index contributed by atoms with van der Waals surface area (Å²) in [6.07, 6.45) is 3.40. The Balaban J connectivity index is 1.47. The molecule has 180 valence electrons. The van der Waals surface area contributed by atoms with Crippen LogP contribution >= 0.6 is 11.9 Å². The predicted molar refractivity (Wildman–Crippen MR) is 132 cm³/mol. The summed E-state index contributed by atoms with van der Waals surface area (Å²) in [5.41, 5.74) is 0.547. The van der Waals surface area contributed by atoms with Gasteiger partial charge in [0.2, 0.25) is 5.95 Å². The number of ether oxygens (including phenoxy) is 1. The molecular formula is C26H36FN3O2S.